The van der Waals surface area contributed by atoms with E-state index in [9.17, 15) is 19.2 Å². The third-order valence-electron chi connectivity index (χ3n) is 4.71. The van der Waals surface area contributed by atoms with E-state index in [1.807, 2.05) is 0 Å². The van der Waals surface area contributed by atoms with Crippen molar-refractivity contribution < 1.29 is 28.7 Å². The maximum Gasteiger partial charge on any atom is 0.341 e. The first-order valence-corrected chi connectivity index (χ1v) is 10.4. The van der Waals surface area contributed by atoms with E-state index in [-0.39, 0.29) is 52.6 Å². The van der Waals surface area contributed by atoms with Gasteiger partial charge in [0, 0.05) is 18.5 Å². The molecule has 0 aliphatic heterocycles. The third kappa shape index (κ3) is 5.93. The number of carbonyl (C=O) groups excluding carboxylic acids is 4. The summed E-state index contributed by atoms with van der Waals surface area (Å²) in [6.07, 6.45) is 4.81. The van der Waals surface area contributed by atoms with Crippen molar-refractivity contribution in [3.63, 3.8) is 0 Å². The molecule has 0 spiro atoms. The summed E-state index contributed by atoms with van der Waals surface area (Å²) in [4.78, 5) is 48.7. The fraction of sp³-hybridized carbons (Fsp3) is 0.579. The van der Waals surface area contributed by atoms with E-state index < -0.39 is 17.8 Å². The molecule has 1 saturated carbocycles. The predicted octanol–water partition coefficient (Wildman–Crippen LogP) is 1.61. The van der Waals surface area contributed by atoms with Crippen LogP contribution in [0.4, 0.5) is 5.00 Å². The summed E-state index contributed by atoms with van der Waals surface area (Å²) in [5, 5.41) is 5.17. The van der Waals surface area contributed by atoms with Gasteiger partial charge in [-0.05, 0) is 19.8 Å². The van der Waals surface area contributed by atoms with Crippen molar-refractivity contribution in [1.82, 2.24) is 10.6 Å². The highest BCUT2D eigenvalue weighted by Gasteiger charge is 2.27. The molecule has 2 rings (SSSR count). The van der Waals surface area contributed by atoms with E-state index in [0.717, 1.165) is 43.4 Å². The lowest BCUT2D eigenvalue weighted by Gasteiger charge is -2.20. The van der Waals surface area contributed by atoms with Crippen LogP contribution in [0.25, 0.3) is 0 Å². The molecule has 160 valence electrons. The maximum atomic E-state index is 12.2. The number of rotatable bonds is 8. The molecule has 0 unspecified atom stereocenters. The first-order valence-electron chi connectivity index (χ1n) is 9.62. The highest BCUT2D eigenvalue weighted by atomic mass is 32.1. The normalized spacial score (nSPS) is 14.1. The van der Waals surface area contributed by atoms with Gasteiger partial charge < -0.3 is 25.8 Å². The first kappa shape index (κ1) is 22.7. The number of hydrogen-bond donors (Lipinski definition) is 3. The van der Waals surface area contributed by atoms with Crippen molar-refractivity contribution in [3.05, 3.63) is 16.0 Å². The average molecular weight is 426 g/mol. The molecule has 0 aromatic carbocycles. The molecule has 0 atom stereocenters. The zero-order valence-electron chi connectivity index (χ0n) is 16.7. The van der Waals surface area contributed by atoms with Gasteiger partial charge in [0.15, 0.2) is 0 Å². The number of esters is 2. The summed E-state index contributed by atoms with van der Waals surface area (Å²) in [7, 11) is 1.44. The monoisotopic (exact) mass is 425 g/mol. The zero-order chi connectivity index (χ0) is 21.4. The van der Waals surface area contributed by atoms with Gasteiger partial charge in [-0.25, -0.2) is 4.79 Å². The highest BCUT2D eigenvalue weighted by molar-refractivity contribution is 7.18. The van der Waals surface area contributed by atoms with E-state index in [4.69, 9.17) is 15.2 Å². The minimum absolute atomic E-state index is 0.0227. The van der Waals surface area contributed by atoms with Gasteiger partial charge in [0.2, 0.25) is 5.91 Å². The van der Waals surface area contributed by atoms with E-state index in [0.29, 0.717) is 0 Å². The Kier molecular flexibility index (Phi) is 8.44. The zero-order valence-corrected chi connectivity index (χ0v) is 17.5. The van der Waals surface area contributed by atoms with Gasteiger partial charge >= 0.3 is 11.9 Å². The lowest BCUT2D eigenvalue weighted by atomic mass is 9.89. The molecule has 1 fully saturated rings. The Morgan fingerprint density at radius 3 is 2.45 bits per heavy atom. The number of nitrogens with two attached hydrogens (primary N) is 1. The topological polar surface area (TPSA) is 137 Å². The van der Waals surface area contributed by atoms with Gasteiger partial charge in [-0.2, -0.15) is 0 Å². The van der Waals surface area contributed by atoms with Crippen molar-refractivity contribution in [3.8, 4) is 0 Å². The van der Waals surface area contributed by atoms with Crippen LogP contribution in [0.15, 0.2) is 0 Å². The number of nitrogens with one attached hydrogen (secondary N) is 2. The second kappa shape index (κ2) is 10.8. The smallest absolute Gasteiger partial charge is 0.341 e. The first-order chi connectivity index (χ1) is 13.9. The molecule has 1 heterocycles. The third-order valence-corrected chi connectivity index (χ3v) is 5.77. The molecule has 1 aliphatic rings. The van der Waals surface area contributed by atoms with Gasteiger partial charge in [0.05, 0.1) is 6.61 Å². The quantitative estimate of drug-likeness (QED) is 0.538. The van der Waals surface area contributed by atoms with Crippen LogP contribution >= 0.6 is 11.3 Å². The minimum Gasteiger partial charge on any atom is -0.462 e. The van der Waals surface area contributed by atoms with Gasteiger partial charge in [-0.3, -0.25) is 14.4 Å². The van der Waals surface area contributed by atoms with Crippen molar-refractivity contribution in [2.75, 3.05) is 25.9 Å². The maximum absolute atomic E-state index is 12.2. The molecule has 1 aliphatic carbocycles. The largest absolute Gasteiger partial charge is 0.462 e. The summed E-state index contributed by atoms with van der Waals surface area (Å²) in [5.74, 6) is -2.03. The molecular formula is C19H27N3O6S. The SMILES string of the molecule is CCOC(=O)c1c(N)sc(C(=O)NC)c1COC(=O)CNC(=O)C1CCCCC1. The molecule has 0 radical (unpaired) electrons. The van der Waals surface area contributed by atoms with Crippen molar-refractivity contribution >= 4 is 40.1 Å². The Labute approximate surface area is 173 Å². The number of thiophene rings is 1. The van der Waals surface area contributed by atoms with E-state index >= 15 is 0 Å². The number of amides is 2. The van der Waals surface area contributed by atoms with Crippen LogP contribution in [0.3, 0.4) is 0 Å². The predicted molar refractivity (Wildman–Crippen MR) is 107 cm³/mol. The van der Waals surface area contributed by atoms with Crippen molar-refractivity contribution in [2.24, 2.45) is 5.92 Å². The van der Waals surface area contributed by atoms with E-state index in [1.165, 1.54) is 7.05 Å². The average Bonchev–Trinajstić information content (AvgIpc) is 3.06. The molecule has 29 heavy (non-hydrogen) atoms. The van der Waals surface area contributed by atoms with Crippen molar-refractivity contribution in [2.45, 2.75) is 45.6 Å². The van der Waals surface area contributed by atoms with E-state index in [1.54, 1.807) is 6.92 Å². The van der Waals surface area contributed by atoms with Gasteiger partial charge in [0.25, 0.3) is 5.91 Å². The number of ether oxygens (including phenoxy) is 2. The van der Waals surface area contributed by atoms with Crippen LogP contribution in [-0.2, 0) is 25.7 Å². The van der Waals surface area contributed by atoms with E-state index in [2.05, 4.69) is 10.6 Å². The summed E-state index contributed by atoms with van der Waals surface area (Å²) in [5.41, 5.74) is 6.11. The Bertz CT molecular complexity index is 770. The van der Waals surface area contributed by atoms with Crippen LogP contribution in [0.1, 0.15) is 64.6 Å². The number of nitrogen functional groups attached to an aromatic ring is 1. The van der Waals surface area contributed by atoms with Crippen LogP contribution in [0.2, 0.25) is 0 Å². The Balaban J connectivity index is 2.02. The Hall–Kier alpha value is -2.62. The number of carbonyl (C=O) groups is 4. The molecule has 9 nitrogen and oxygen atoms in total. The lowest BCUT2D eigenvalue weighted by molar-refractivity contribution is -0.145. The highest BCUT2D eigenvalue weighted by Crippen LogP contribution is 2.32. The number of hydrogen-bond acceptors (Lipinski definition) is 8. The Morgan fingerprint density at radius 2 is 1.83 bits per heavy atom. The van der Waals surface area contributed by atoms with Gasteiger partial charge in [0.1, 0.15) is 28.6 Å². The molecule has 0 bridgehead atoms. The summed E-state index contributed by atoms with van der Waals surface area (Å²) >= 11 is 0.920. The fourth-order valence-corrected chi connectivity index (χ4v) is 4.23. The molecular weight excluding hydrogens is 398 g/mol. The summed E-state index contributed by atoms with van der Waals surface area (Å²) < 4.78 is 10.2. The van der Waals surface area contributed by atoms with Crippen LogP contribution in [0.5, 0.6) is 0 Å². The van der Waals surface area contributed by atoms with Crippen LogP contribution < -0.4 is 16.4 Å². The van der Waals surface area contributed by atoms with Gasteiger partial charge in [-0.15, -0.1) is 11.3 Å². The second-order valence-corrected chi connectivity index (χ2v) is 7.71. The van der Waals surface area contributed by atoms with Crippen LogP contribution in [-0.4, -0.2) is 44.0 Å². The molecule has 10 heteroatoms. The molecule has 0 saturated heterocycles. The summed E-state index contributed by atoms with van der Waals surface area (Å²) in [6.45, 7) is 1.17. The molecule has 4 N–H and O–H groups in total. The molecule has 1 aromatic rings. The number of anilines is 1. The summed E-state index contributed by atoms with van der Waals surface area (Å²) in [6, 6.07) is 0. The van der Waals surface area contributed by atoms with Gasteiger partial charge in [-0.1, -0.05) is 19.3 Å². The minimum atomic E-state index is -0.687. The molecule has 1 aromatic heterocycles. The Morgan fingerprint density at radius 1 is 1.14 bits per heavy atom. The van der Waals surface area contributed by atoms with Crippen LogP contribution in [0, 0.1) is 5.92 Å². The second-order valence-electron chi connectivity index (χ2n) is 6.66. The van der Waals surface area contributed by atoms with Crippen molar-refractivity contribution in [1.29, 1.82) is 0 Å². The molecule has 2 amide bonds. The standard InChI is InChI=1S/C19H27N3O6S/c1-3-27-19(26)14-12(15(18(25)21-2)29-16(14)20)10-28-13(23)9-22-17(24)11-7-5-4-6-8-11/h11H,3-10,20H2,1-2H3,(H,21,25)(H,22,24). The lowest BCUT2D eigenvalue weighted by Crippen LogP contribution is -2.36. The fourth-order valence-electron chi connectivity index (χ4n) is 3.22.